The molecule has 1 spiro atoms. The summed E-state index contributed by atoms with van der Waals surface area (Å²) in [5.41, 5.74) is 21.9. The van der Waals surface area contributed by atoms with Crippen LogP contribution >= 0.6 is 11.3 Å². The Morgan fingerprint density at radius 2 is 0.869 bits per heavy atom. The number of benzene rings is 9. The van der Waals surface area contributed by atoms with E-state index in [9.17, 15) is 0 Å². The lowest BCUT2D eigenvalue weighted by Crippen LogP contribution is -2.26. The molecule has 1 heterocycles. The van der Waals surface area contributed by atoms with Gasteiger partial charge in [0.1, 0.15) is 0 Å². The lowest BCUT2D eigenvalue weighted by molar-refractivity contribution is 0.518. The van der Waals surface area contributed by atoms with Gasteiger partial charge in [-0.15, -0.1) is 11.3 Å². The largest absolute Gasteiger partial charge is 0.310 e. The SMILES string of the molecule is CC1(C)Cc2c(-c3ccc(N(c4ccc5c(c4)C4(c6ccccc6-c6ccccc64)c4ccccc4-5)c4ccc5sc6ccccc6c5c4)cc3)cccc2-c2ccccc21. The van der Waals surface area contributed by atoms with Gasteiger partial charge in [-0.25, -0.2) is 0 Å². The number of rotatable bonds is 4. The summed E-state index contributed by atoms with van der Waals surface area (Å²) in [5.74, 6) is 0. The summed E-state index contributed by atoms with van der Waals surface area (Å²) in [4.78, 5) is 2.49. The third-order valence-electron chi connectivity index (χ3n) is 14.0. The van der Waals surface area contributed by atoms with Crippen molar-refractivity contribution < 1.29 is 0 Å². The van der Waals surface area contributed by atoms with Crippen LogP contribution < -0.4 is 4.90 Å². The normalized spacial score (nSPS) is 14.6. The third kappa shape index (κ3) is 4.83. The van der Waals surface area contributed by atoms with Crippen molar-refractivity contribution in [1.82, 2.24) is 0 Å². The first-order valence-electron chi connectivity index (χ1n) is 21.5. The molecule has 3 aliphatic carbocycles. The molecule has 13 rings (SSSR count). The maximum Gasteiger partial charge on any atom is 0.0726 e. The van der Waals surface area contributed by atoms with E-state index in [1.54, 1.807) is 0 Å². The average Bonchev–Trinajstić information content (AvgIpc) is 3.93. The monoisotopic (exact) mass is 795 g/mol. The van der Waals surface area contributed by atoms with E-state index in [-0.39, 0.29) is 5.41 Å². The van der Waals surface area contributed by atoms with Gasteiger partial charge >= 0.3 is 0 Å². The zero-order chi connectivity index (χ0) is 40.5. The first-order chi connectivity index (χ1) is 30.0. The molecule has 0 N–H and O–H groups in total. The number of fused-ring (bicyclic) bond motifs is 16. The van der Waals surface area contributed by atoms with Gasteiger partial charge in [0.2, 0.25) is 0 Å². The van der Waals surface area contributed by atoms with E-state index in [4.69, 9.17) is 0 Å². The summed E-state index contributed by atoms with van der Waals surface area (Å²) in [6, 6.07) is 75.6. The highest BCUT2D eigenvalue weighted by Crippen LogP contribution is 2.63. The van der Waals surface area contributed by atoms with Crippen molar-refractivity contribution >= 4 is 48.6 Å². The average molecular weight is 796 g/mol. The molecule has 2 heteroatoms. The molecule has 1 aromatic heterocycles. The second-order valence-corrected chi connectivity index (χ2v) is 18.8. The number of thiophene rings is 1. The van der Waals surface area contributed by atoms with Crippen molar-refractivity contribution in [2.75, 3.05) is 4.90 Å². The fraction of sp³-hybridized carbons (Fsp3) is 0.0847. The van der Waals surface area contributed by atoms with Crippen LogP contribution in [0.3, 0.4) is 0 Å². The highest BCUT2D eigenvalue weighted by atomic mass is 32.1. The summed E-state index contributed by atoms with van der Waals surface area (Å²) in [5, 5.41) is 2.60. The molecule has 9 aromatic carbocycles. The van der Waals surface area contributed by atoms with Crippen LogP contribution in [-0.2, 0) is 17.3 Å². The van der Waals surface area contributed by atoms with E-state index in [2.05, 4.69) is 219 Å². The van der Waals surface area contributed by atoms with Gasteiger partial charge in [0, 0.05) is 37.2 Å². The van der Waals surface area contributed by atoms with Crippen molar-refractivity contribution in [3.05, 3.63) is 234 Å². The Kier molecular flexibility index (Phi) is 7.28. The van der Waals surface area contributed by atoms with Gasteiger partial charge < -0.3 is 4.90 Å². The topological polar surface area (TPSA) is 3.24 Å². The highest BCUT2D eigenvalue weighted by Gasteiger charge is 2.51. The minimum Gasteiger partial charge on any atom is -0.310 e. The third-order valence-corrected chi connectivity index (χ3v) is 15.2. The Morgan fingerprint density at radius 3 is 1.56 bits per heavy atom. The highest BCUT2D eigenvalue weighted by molar-refractivity contribution is 7.25. The van der Waals surface area contributed by atoms with Gasteiger partial charge in [-0.05, 0) is 138 Å². The Hall–Kier alpha value is -7.00. The summed E-state index contributed by atoms with van der Waals surface area (Å²) < 4.78 is 2.62. The standard InChI is InChI=1S/C59H41NS/c1-58(2)36-50-41(19-13-20-42(50)43-14-3-8-21-51(43)58)37-26-28-38(29-27-37)60(39-31-33-57-49(34-39)48-18-7-12-25-56(48)61-57)40-30-32-47-46-17-6-11-24-54(46)59(55(47)35-40)52-22-9-4-15-44(52)45-16-5-10-23-53(45)59/h3-35H,36H2,1-2H3. The Labute approximate surface area is 360 Å². The predicted molar refractivity (Wildman–Crippen MR) is 258 cm³/mol. The van der Waals surface area contributed by atoms with E-state index >= 15 is 0 Å². The van der Waals surface area contributed by atoms with Crippen LogP contribution in [0.5, 0.6) is 0 Å². The minimum atomic E-state index is -0.420. The molecule has 1 nitrogen and oxygen atoms in total. The molecule has 0 radical (unpaired) electrons. The van der Waals surface area contributed by atoms with Crippen LogP contribution in [0, 0.1) is 0 Å². The predicted octanol–water partition coefficient (Wildman–Crippen LogP) is 16.0. The Bertz CT molecular complexity index is 3370. The maximum atomic E-state index is 2.51. The van der Waals surface area contributed by atoms with Crippen LogP contribution in [-0.4, -0.2) is 0 Å². The van der Waals surface area contributed by atoms with E-state index in [1.807, 2.05) is 11.3 Å². The molecule has 10 aromatic rings. The van der Waals surface area contributed by atoms with Crippen molar-refractivity contribution in [3.63, 3.8) is 0 Å². The Balaban J connectivity index is 1.02. The second kappa shape index (κ2) is 12.8. The molecule has 0 saturated heterocycles. The smallest absolute Gasteiger partial charge is 0.0726 e. The van der Waals surface area contributed by atoms with Gasteiger partial charge in [0.15, 0.2) is 0 Å². The van der Waals surface area contributed by atoms with Crippen molar-refractivity contribution in [2.24, 2.45) is 0 Å². The van der Waals surface area contributed by atoms with Crippen LogP contribution in [0.15, 0.2) is 200 Å². The van der Waals surface area contributed by atoms with Crippen LogP contribution in [0.2, 0.25) is 0 Å². The van der Waals surface area contributed by atoms with Crippen LogP contribution in [0.1, 0.15) is 47.2 Å². The van der Waals surface area contributed by atoms with Crippen LogP contribution in [0.25, 0.3) is 64.7 Å². The second-order valence-electron chi connectivity index (χ2n) is 17.7. The lowest BCUT2D eigenvalue weighted by Gasteiger charge is -2.35. The molecule has 0 fully saturated rings. The molecular weight excluding hydrogens is 755 g/mol. The van der Waals surface area contributed by atoms with Gasteiger partial charge in [0.05, 0.1) is 5.41 Å². The van der Waals surface area contributed by atoms with Crippen LogP contribution in [0.4, 0.5) is 17.1 Å². The molecule has 288 valence electrons. The molecule has 3 aliphatic rings. The Morgan fingerprint density at radius 1 is 0.377 bits per heavy atom. The fourth-order valence-corrected chi connectivity index (χ4v) is 12.5. The van der Waals surface area contributed by atoms with E-state index in [1.165, 1.54) is 98.1 Å². The van der Waals surface area contributed by atoms with Gasteiger partial charge in [0.25, 0.3) is 0 Å². The molecule has 0 bridgehead atoms. The number of hydrogen-bond donors (Lipinski definition) is 0. The first-order valence-corrected chi connectivity index (χ1v) is 22.3. The van der Waals surface area contributed by atoms with Crippen molar-refractivity contribution in [3.8, 4) is 44.5 Å². The summed E-state index contributed by atoms with van der Waals surface area (Å²) in [6.07, 6.45) is 1.00. The number of nitrogens with zero attached hydrogens (tertiary/aromatic N) is 1. The first kappa shape index (κ1) is 34.8. The summed E-state index contributed by atoms with van der Waals surface area (Å²) >= 11 is 1.87. The molecular formula is C59H41NS. The molecule has 61 heavy (non-hydrogen) atoms. The van der Waals surface area contributed by atoms with Crippen molar-refractivity contribution in [1.29, 1.82) is 0 Å². The van der Waals surface area contributed by atoms with Gasteiger partial charge in [-0.1, -0.05) is 166 Å². The number of hydrogen-bond acceptors (Lipinski definition) is 2. The van der Waals surface area contributed by atoms with Gasteiger partial charge in [-0.2, -0.15) is 0 Å². The molecule has 0 atom stereocenters. The maximum absolute atomic E-state index is 2.51. The zero-order valence-corrected chi connectivity index (χ0v) is 34.9. The molecule has 0 amide bonds. The molecule has 0 unspecified atom stereocenters. The van der Waals surface area contributed by atoms with E-state index in [0.29, 0.717) is 0 Å². The summed E-state index contributed by atoms with van der Waals surface area (Å²) in [6.45, 7) is 4.78. The summed E-state index contributed by atoms with van der Waals surface area (Å²) in [7, 11) is 0. The van der Waals surface area contributed by atoms with E-state index in [0.717, 1.165) is 23.5 Å². The minimum absolute atomic E-state index is 0.0475. The van der Waals surface area contributed by atoms with Crippen molar-refractivity contribution in [2.45, 2.75) is 31.1 Å². The zero-order valence-electron chi connectivity index (χ0n) is 34.1. The quantitative estimate of drug-likeness (QED) is 0.171. The fourth-order valence-electron chi connectivity index (χ4n) is 11.5. The number of anilines is 3. The lowest BCUT2D eigenvalue weighted by atomic mass is 9.69. The molecule has 0 aliphatic heterocycles. The van der Waals surface area contributed by atoms with E-state index < -0.39 is 5.41 Å². The van der Waals surface area contributed by atoms with Gasteiger partial charge in [-0.3, -0.25) is 0 Å². The molecule has 0 saturated carbocycles.